The second-order valence-corrected chi connectivity index (χ2v) is 8.55. The first-order valence-corrected chi connectivity index (χ1v) is 11.2. The van der Waals surface area contributed by atoms with Crippen LogP contribution in [0.5, 0.6) is 0 Å². The number of benzene rings is 2. The van der Waals surface area contributed by atoms with Gasteiger partial charge in [0.25, 0.3) is 5.91 Å². The first-order valence-electron chi connectivity index (χ1n) is 11.2. The Morgan fingerprint density at radius 3 is 2.57 bits per heavy atom. The van der Waals surface area contributed by atoms with E-state index in [2.05, 4.69) is 25.4 Å². The fraction of sp³-hybridized carbons (Fsp3) is 0.240. The minimum atomic E-state index is -1.04. The molecular weight excluding hydrogens is 462 g/mol. The monoisotopic (exact) mass is 483 g/mol. The highest BCUT2D eigenvalue weighted by molar-refractivity contribution is 6.11. The van der Waals surface area contributed by atoms with Crippen LogP contribution in [0, 0.1) is 23.3 Å². The Balaban J connectivity index is 1.47. The number of piperidine rings is 1. The average molecular weight is 483 g/mol. The van der Waals surface area contributed by atoms with Crippen LogP contribution in [0.15, 0.2) is 42.6 Å². The van der Waals surface area contributed by atoms with E-state index < -0.39 is 35.0 Å². The van der Waals surface area contributed by atoms with Gasteiger partial charge in [0.15, 0.2) is 29.0 Å². The van der Waals surface area contributed by atoms with E-state index in [0.29, 0.717) is 34.6 Å². The molecule has 180 valence electrons. The van der Waals surface area contributed by atoms with Crippen molar-refractivity contribution >= 4 is 22.6 Å². The van der Waals surface area contributed by atoms with Crippen LogP contribution in [0.25, 0.3) is 22.0 Å². The molecule has 5 rings (SSSR count). The number of halogens is 4. The molecule has 1 saturated heterocycles. The first kappa shape index (κ1) is 23.0. The van der Waals surface area contributed by atoms with Gasteiger partial charge in [0.1, 0.15) is 5.82 Å². The first-order chi connectivity index (χ1) is 16.9. The molecule has 0 spiro atoms. The van der Waals surface area contributed by atoms with Crippen molar-refractivity contribution in [2.75, 3.05) is 18.4 Å². The summed E-state index contributed by atoms with van der Waals surface area (Å²) in [5, 5.41) is 9.24. The lowest BCUT2D eigenvalue weighted by molar-refractivity contribution is 0.102. The molecule has 2 aromatic carbocycles. The van der Waals surface area contributed by atoms with E-state index in [0.717, 1.165) is 32.1 Å². The largest absolute Gasteiger partial charge is 0.303 e. The van der Waals surface area contributed by atoms with Crippen molar-refractivity contribution in [1.82, 2.24) is 20.1 Å². The summed E-state index contributed by atoms with van der Waals surface area (Å²) in [6.45, 7) is 2.34. The van der Waals surface area contributed by atoms with Crippen molar-refractivity contribution in [3.8, 4) is 11.1 Å². The maximum Gasteiger partial charge on any atom is 0.278 e. The van der Waals surface area contributed by atoms with Crippen molar-refractivity contribution in [2.45, 2.75) is 25.8 Å². The molecule has 1 fully saturated rings. The molecule has 0 radical (unpaired) electrons. The molecule has 0 atom stereocenters. The molecule has 4 aromatic rings. The van der Waals surface area contributed by atoms with Gasteiger partial charge in [-0.05, 0) is 61.3 Å². The number of hydrogen-bond acceptors (Lipinski definition) is 4. The number of pyridine rings is 1. The lowest BCUT2D eigenvalue weighted by Crippen LogP contribution is -2.29. The van der Waals surface area contributed by atoms with Gasteiger partial charge < -0.3 is 5.32 Å². The number of aromatic amines is 1. The normalized spacial score (nSPS) is 14.4. The number of hydrogen-bond donors (Lipinski definition) is 2. The lowest BCUT2D eigenvalue weighted by atomic mass is 9.99. The molecule has 2 N–H and O–H groups in total. The maximum atomic E-state index is 14.8. The summed E-state index contributed by atoms with van der Waals surface area (Å²) in [6.07, 6.45) is 4.10. The SMILES string of the molecule is O=C(Nc1ncc(F)cc1F)c1n[nH]c2ccc(-c3cc(CN4CCCCC4)cc(F)c3F)cc12. The molecule has 35 heavy (non-hydrogen) atoms. The number of carbonyl (C=O) groups excluding carboxylic acids is 1. The summed E-state index contributed by atoms with van der Waals surface area (Å²) in [7, 11) is 0. The Labute approximate surface area is 198 Å². The number of rotatable bonds is 5. The third kappa shape index (κ3) is 4.74. The molecule has 0 saturated carbocycles. The van der Waals surface area contributed by atoms with Crippen LogP contribution in [0.2, 0.25) is 0 Å². The van der Waals surface area contributed by atoms with Gasteiger partial charge in [-0.15, -0.1) is 0 Å². The molecule has 0 bridgehead atoms. The molecule has 1 amide bonds. The molecule has 3 heterocycles. The number of aromatic nitrogens is 3. The summed E-state index contributed by atoms with van der Waals surface area (Å²) in [5.41, 5.74) is 1.45. The van der Waals surface area contributed by atoms with Crippen LogP contribution < -0.4 is 5.32 Å². The topological polar surface area (TPSA) is 73.9 Å². The van der Waals surface area contributed by atoms with E-state index in [1.807, 2.05) is 0 Å². The summed E-state index contributed by atoms with van der Waals surface area (Å²) < 4.78 is 56.3. The van der Waals surface area contributed by atoms with E-state index >= 15 is 0 Å². The number of nitrogens with one attached hydrogen (secondary N) is 2. The summed E-state index contributed by atoms with van der Waals surface area (Å²) in [5.74, 6) is -5.11. The third-order valence-electron chi connectivity index (χ3n) is 6.07. The Bertz CT molecular complexity index is 1410. The fourth-order valence-electron chi connectivity index (χ4n) is 4.35. The second-order valence-electron chi connectivity index (χ2n) is 8.55. The van der Waals surface area contributed by atoms with E-state index in [-0.39, 0.29) is 11.3 Å². The van der Waals surface area contributed by atoms with Crippen molar-refractivity contribution in [3.05, 3.63) is 77.1 Å². The number of carbonyl (C=O) groups is 1. The van der Waals surface area contributed by atoms with Crippen LogP contribution in [0.4, 0.5) is 23.4 Å². The zero-order valence-electron chi connectivity index (χ0n) is 18.5. The molecule has 10 heteroatoms. The fourth-order valence-corrected chi connectivity index (χ4v) is 4.35. The zero-order chi connectivity index (χ0) is 24.5. The minimum absolute atomic E-state index is 0.0673. The zero-order valence-corrected chi connectivity index (χ0v) is 18.5. The quantitative estimate of drug-likeness (QED) is 0.372. The maximum absolute atomic E-state index is 14.8. The van der Waals surface area contributed by atoms with Gasteiger partial charge in [0, 0.05) is 23.6 Å². The van der Waals surface area contributed by atoms with Crippen LogP contribution in [0.1, 0.15) is 35.3 Å². The Morgan fingerprint density at radius 2 is 1.80 bits per heavy atom. The highest BCUT2D eigenvalue weighted by atomic mass is 19.2. The van der Waals surface area contributed by atoms with Gasteiger partial charge >= 0.3 is 0 Å². The van der Waals surface area contributed by atoms with Gasteiger partial charge in [-0.1, -0.05) is 12.5 Å². The highest BCUT2D eigenvalue weighted by Crippen LogP contribution is 2.30. The Kier molecular flexibility index (Phi) is 6.21. The third-order valence-corrected chi connectivity index (χ3v) is 6.07. The van der Waals surface area contributed by atoms with Crippen molar-refractivity contribution in [3.63, 3.8) is 0 Å². The van der Waals surface area contributed by atoms with Crippen LogP contribution in [-0.4, -0.2) is 39.1 Å². The van der Waals surface area contributed by atoms with Crippen LogP contribution in [-0.2, 0) is 6.54 Å². The standard InChI is InChI=1S/C25H21F4N5O/c26-16-11-20(28)24(30-12-16)31-25(35)23-18-10-15(4-5-21(18)32-33-23)17-8-14(9-19(27)22(17)29)13-34-6-2-1-3-7-34/h4-5,8-12H,1-3,6-7,13H2,(H,32,33)(H,30,31,35). The number of nitrogens with zero attached hydrogens (tertiary/aromatic N) is 3. The smallest absolute Gasteiger partial charge is 0.278 e. The number of anilines is 1. The van der Waals surface area contributed by atoms with Crippen molar-refractivity contribution in [1.29, 1.82) is 0 Å². The van der Waals surface area contributed by atoms with Gasteiger partial charge in [0.05, 0.1) is 11.7 Å². The molecule has 2 aromatic heterocycles. The van der Waals surface area contributed by atoms with E-state index in [4.69, 9.17) is 0 Å². The van der Waals surface area contributed by atoms with Gasteiger partial charge in [-0.3, -0.25) is 14.8 Å². The molecule has 0 aliphatic carbocycles. The Hall–Kier alpha value is -3.79. The predicted octanol–water partition coefficient (Wildman–Crippen LogP) is 5.42. The number of likely N-dealkylation sites (tertiary alicyclic amines) is 1. The molecule has 0 unspecified atom stereocenters. The average Bonchev–Trinajstić information content (AvgIpc) is 3.27. The lowest BCUT2D eigenvalue weighted by Gasteiger charge is -2.26. The second kappa shape index (κ2) is 9.46. The number of amides is 1. The summed E-state index contributed by atoms with van der Waals surface area (Å²) >= 11 is 0. The summed E-state index contributed by atoms with van der Waals surface area (Å²) in [6, 6.07) is 8.15. The highest BCUT2D eigenvalue weighted by Gasteiger charge is 2.20. The van der Waals surface area contributed by atoms with Gasteiger partial charge in [-0.25, -0.2) is 22.5 Å². The van der Waals surface area contributed by atoms with Gasteiger partial charge in [0.2, 0.25) is 0 Å². The van der Waals surface area contributed by atoms with E-state index in [1.165, 1.54) is 18.6 Å². The van der Waals surface area contributed by atoms with Crippen LogP contribution >= 0.6 is 0 Å². The van der Waals surface area contributed by atoms with E-state index in [1.54, 1.807) is 18.2 Å². The summed E-state index contributed by atoms with van der Waals surface area (Å²) in [4.78, 5) is 18.5. The molecule has 6 nitrogen and oxygen atoms in total. The predicted molar refractivity (Wildman–Crippen MR) is 123 cm³/mol. The number of H-pyrrole nitrogens is 1. The van der Waals surface area contributed by atoms with E-state index in [9.17, 15) is 22.4 Å². The van der Waals surface area contributed by atoms with Crippen LogP contribution in [0.3, 0.4) is 0 Å². The Morgan fingerprint density at radius 1 is 1.00 bits per heavy atom. The van der Waals surface area contributed by atoms with Crippen molar-refractivity contribution < 1.29 is 22.4 Å². The molecular formula is C25H21F4N5O. The number of fused-ring (bicyclic) bond motifs is 1. The molecule has 1 aliphatic heterocycles. The molecule has 1 aliphatic rings. The van der Waals surface area contributed by atoms with Gasteiger partial charge in [-0.2, -0.15) is 5.10 Å². The minimum Gasteiger partial charge on any atom is -0.303 e. The van der Waals surface area contributed by atoms with Crippen molar-refractivity contribution in [2.24, 2.45) is 0 Å².